The molecule has 3 rings (SSSR count). The Morgan fingerprint density at radius 3 is 2.78 bits per heavy atom. The van der Waals surface area contributed by atoms with Crippen LogP contribution < -0.4 is 10.6 Å². The van der Waals surface area contributed by atoms with Gasteiger partial charge in [-0.25, -0.2) is 0 Å². The van der Waals surface area contributed by atoms with Gasteiger partial charge >= 0.3 is 0 Å². The van der Waals surface area contributed by atoms with E-state index in [1.165, 1.54) is 5.56 Å². The van der Waals surface area contributed by atoms with Gasteiger partial charge in [0.15, 0.2) is 5.96 Å². The summed E-state index contributed by atoms with van der Waals surface area (Å²) in [6.07, 6.45) is 2.51. The first-order valence-electron chi connectivity index (χ1n) is 6.53. The molecule has 1 aromatic rings. The second-order valence-electron chi connectivity index (χ2n) is 5.02. The van der Waals surface area contributed by atoms with Crippen LogP contribution in [-0.2, 0) is 4.74 Å². The smallest absolute Gasteiger partial charge is 0.196 e. The van der Waals surface area contributed by atoms with Gasteiger partial charge in [-0.15, -0.1) is 0 Å². The molecule has 2 aliphatic rings. The summed E-state index contributed by atoms with van der Waals surface area (Å²) in [4.78, 5) is 6.50. The predicted molar refractivity (Wildman–Crippen MR) is 72.9 cm³/mol. The summed E-state index contributed by atoms with van der Waals surface area (Å²) in [7, 11) is 0. The molecule has 2 aliphatic heterocycles. The quantitative estimate of drug-likeness (QED) is 0.862. The monoisotopic (exact) mass is 245 g/mol. The highest BCUT2D eigenvalue weighted by atomic mass is 16.5. The third-order valence-electron chi connectivity index (χ3n) is 3.73. The van der Waals surface area contributed by atoms with Crippen molar-refractivity contribution in [3.63, 3.8) is 0 Å². The van der Waals surface area contributed by atoms with E-state index in [9.17, 15) is 0 Å². The van der Waals surface area contributed by atoms with Crippen LogP contribution in [0.2, 0.25) is 0 Å². The molecule has 0 saturated carbocycles. The average Bonchev–Trinajstić information content (AvgIpc) is 2.99. The Morgan fingerprint density at radius 2 is 2.11 bits per heavy atom. The number of nitrogens with zero attached hydrogens (tertiary/aromatic N) is 2. The molecule has 0 amide bonds. The maximum atomic E-state index is 6.03. The van der Waals surface area contributed by atoms with Crippen molar-refractivity contribution in [3.05, 3.63) is 29.8 Å². The van der Waals surface area contributed by atoms with Crippen LogP contribution in [0.3, 0.4) is 0 Å². The van der Waals surface area contributed by atoms with E-state index in [1.807, 2.05) is 0 Å². The molecule has 0 radical (unpaired) electrons. The van der Waals surface area contributed by atoms with Crippen molar-refractivity contribution in [2.45, 2.75) is 31.9 Å². The van der Waals surface area contributed by atoms with Crippen molar-refractivity contribution in [3.8, 4) is 0 Å². The van der Waals surface area contributed by atoms with Gasteiger partial charge in [0.1, 0.15) is 0 Å². The van der Waals surface area contributed by atoms with Crippen molar-refractivity contribution in [2.24, 2.45) is 10.7 Å². The van der Waals surface area contributed by atoms with Crippen LogP contribution >= 0.6 is 0 Å². The van der Waals surface area contributed by atoms with Gasteiger partial charge in [-0.1, -0.05) is 17.7 Å². The minimum Gasteiger partial charge on any atom is -0.376 e. The van der Waals surface area contributed by atoms with Gasteiger partial charge in [0.2, 0.25) is 0 Å². The SMILES string of the molecule is Cc1ccc(N2C(N)=NCC2C2CCCO2)cc1. The molecule has 2 unspecified atom stereocenters. The molecular weight excluding hydrogens is 226 g/mol. The van der Waals surface area contributed by atoms with Crippen molar-refractivity contribution in [1.82, 2.24) is 0 Å². The fourth-order valence-electron chi connectivity index (χ4n) is 2.73. The molecule has 96 valence electrons. The molecule has 1 aromatic carbocycles. The van der Waals surface area contributed by atoms with Crippen molar-refractivity contribution < 1.29 is 4.74 Å². The number of benzene rings is 1. The van der Waals surface area contributed by atoms with Gasteiger partial charge in [0.25, 0.3) is 0 Å². The van der Waals surface area contributed by atoms with Gasteiger partial charge < -0.3 is 15.4 Å². The maximum absolute atomic E-state index is 6.03. The first-order valence-corrected chi connectivity index (χ1v) is 6.53. The first kappa shape index (κ1) is 11.5. The Labute approximate surface area is 107 Å². The van der Waals surface area contributed by atoms with Gasteiger partial charge in [-0.05, 0) is 31.9 Å². The second-order valence-corrected chi connectivity index (χ2v) is 5.02. The molecule has 1 fully saturated rings. The summed E-state index contributed by atoms with van der Waals surface area (Å²) in [5.74, 6) is 0.611. The first-order chi connectivity index (χ1) is 8.75. The zero-order chi connectivity index (χ0) is 12.5. The molecule has 4 nitrogen and oxygen atoms in total. The summed E-state index contributed by atoms with van der Waals surface area (Å²) in [5.41, 5.74) is 8.39. The number of hydrogen-bond acceptors (Lipinski definition) is 4. The third kappa shape index (κ3) is 1.97. The Hall–Kier alpha value is -1.55. The Bertz CT molecular complexity index is 449. The predicted octanol–water partition coefficient (Wildman–Crippen LogP) is 1.68. The summed E-state index contributed by atoms with van der Waals surface area (Å²) in [6.45, 7) is 3.69. The molecule has 18 heavy (non-hydrogen) atoms. The number of guanidine groups is 1. The lowest BCUT2D eigenvalue weighted by Gasteiger charge is -2.30. The molecule has 4 heteroatoms. The van der Waals surface area contributed by atoms with E-state index in [0.717, 1.165) is 31.7 Å². The highest BCUT2D eigenvalue weighted by Gasteiger charge is 2.36. The van der Waals surface area contributed by atoms with Crippen LogP contribution in [0.1, 0.15) is 18.4 Å². The number of anilines is 1. The Kier molecular flexibility index (Phi) is 2.96. The van der Waals surface area contributed by atoms with Crippen LogP contribution in [0, 0.1) is 6.92 Å². The molecule has 0 spiro atoms. The fourth-order valence-corrected chi connectivity index (χ4v) is 2.73. The zero-order valence-corrected chi connectivity index (χ0v) is 10.7. The van der Waals surface area contributed by atoms with E-state index < -0.39 is 0 Å². The summed E-state index contributed by atoms with van der Waals surface area (Å²) in [6, 6.07) is 8.67. The van der Waals surface area contributed by atoms with Crippen LogP contribution in [0.5, 0.6) is 0 Å². The minimum atomic E-state index is 0.259. The standard InChI is InChI=1S/C14H19N3O/c1-10-4-6-11(7-5-10)17-12(9-16-14(17)15)13-3-2-8-18-13/h4-7,12-13H,2-3,8-9H2,1H3,(H2,15,16). The molecule has 0 aromatic heterocycles. The van der Waals surface area contributed by atoms with Crippen LogP contribution in [0.15, 0.2) is 29.3 Å². The van der Waals surface area contributed by atoms with Crippen LogP contribution in [0.4, 0.5) is 5.69 Å². The van der Waals surface area contributed by atoms with E-state index in [4.69, 9.17) is 10.5 Å². The van der Waals surface area contributed by atoms with E-state index in [2.05, 4.69) is 41.1 Å². The number of nitrogens with two attached hydrogens (primary N) is 1. The summed E-state index contributed by atoms with van der Waals surface area (Å²) in [5, 5.41) is 0. The number of rotatable bonds is 2. The van der Waals surface area contributed by atoms with Crippen molar-refractivity contribution in [1.29, 1.82) is 0 Å². The third-order valence-corrected chi connectivity index (χ3v) is 3.73. The van der Waals surface area contributed by atoms with E-state index >= 15 is 0 Å². The van der Waals surface area contributed by atoms with E-state index in [1.54, 1.807) is 0 Å². The van der Waals surface area contributed by atoms with Gasteiger partial charge in [-0.3, -0.25) is 4.99 Å². The number of aryl methyl sites for hydroxylation is 1. The van der Waals surface area contributed by atoms with Crippen LogP contribution in [-0.4, -0.2) is 31.3 Å². The minimum absolute atomic E-state index is 0.259. The lowest BCUT2D eigenvalue weighted by molar-refractivity contribution is 0.0947. The highest BCUT2D eigenvalue weighted by Crippen LogP contribution is 2.28. The molecular formula is C14H19N3O. The van der Waals surface area contributed by atoms with Crippen molar-refractivity contribution in [2.75, 3.05) is 18.1 Å². The zero-order valence-electron chi connectivity index (χ0n) is 10.7. The molecule has 0 bridgehead atoms. The molecule has 2 heterocycles. The average molecular weight is 245 g/mol. The Morgan fingerprint density at radius 1 is 1.33 bits per heavy atom. The molecule has 1 saturated heterocycles. The maximum Gasteiger partial charge on any atom is 0.196 e. The van der Waals surface area contributed by atoms with Gasteiger partial charge in [0, 0.05) is 12.3 Å². The summed E-state index contributed by atoms with van der Waals surface area (Å²) >= 11 is 0. The highest BCUT2D eigenvalue weighted by molar-refractivity contribution is 5.97. The molecule has 2 N–H and O–H groups in total. The lowest BCUT2D eigenvalue weighted by atomic mass is 10.1. The van der Waals surface area contributed by atoms with Crippen LogP contribution in [0.25, 0.3) is 0 Å². The van der Waals surface area contributed by atoms with Gasteiger partial charge in [-0.2, -0.15) is 0 Å². The lowest BCUT2D eigenvalue weighted by Crippen LogP contribution is -2.47. The number of aliphatic imine (C=N–C) groups is 1. The normalized spacial score (nSPS) is 27.6. The number of hydrogen-bond donors (Lipinski definition) is 1. The second kappa shape index (κ2) is 4.61. The topological polar surface area (TPSA) is 50.8 Å². The molecule has 0 aliphatic carbocycles. The van der Waals surface area contributed by atoms with Crippen molar-refractivity contribution >= 4 is 11.6 Å². The van der Waals surface area contributed by atoms with E-state index in [0.29, 0.717) is 5.96 Å². The molecule has 2 atom stereocenters. The largest absolute Gasteiger partial charge is 0.376 e. The Balaban J connectivity index is 1.86. The summed E-state index contributed by atoms with van der Waals surface area (Å²) < 4.78 is 5.79. The van der Waals surface area contributed by atoms with Gasteiger partial charge in [0.05, 0.1) is 18.7 Å². The van der Waals surface area contributed by atoms with E-state index in [-0.39, 0.29) is 12.1 Å². The fraction of sp³-hybridized carbons (Fsp3) is 0.500. The number of ether oxygens (including phenoxy) is 1.